The quantitative estimate of drug-likeness (QED) is 0.745. The molecule has 0 saturated carbocycles. The largest absolute Gasteiger partial charge is 0.496 e. The molecule has 0 saturated heterocycles. The number of nitrogens with zero attached hydrogens (tertiary/aromatic N) is 2. The highest BCUT2D eigenvalue weighted by molar-refractivity contribution is 5.94. The summed E-state index contributed by atoms with van der Waals surface area (Å²) in [6.45, 7) is 4.02. The van der Waals surface area contributed by atoms with Gasteiger partial charge in [-0.25, -0.2) is 0 Å². The summed E-state index contributed by atoms with van der Waals surface area (Å²) in [4.78, 5) is 12.7. The first kappa shape index (κ1) is 16.8. The molecule has 0 bridgehead atoms. The van der Waals surface area contributed by atoms with E-state index in [0.717, 1.165) is 5.56 Å². The predicted octanol–water partition coefficient (Wildman–Crippen LogP) is 3.59. The van der Waals surface area contributed by atoms with Crippen molar-refractivity contribution in [1.82, 2.24) is 15.1 Å². The molecule has 130 valence electrons. The Morgan fingerprint density at radius 3 is 2.68 bits per heavy atom. The van der Waals surface area contributed by atoms with Gasteiger partial charge >= 0.3 is 0 Å². The zero-order valence-corrected chi connectivity index (χ0v) is 14.5. The number of furan rings is 1. The van der Waals surface area contributed by atoms with Crippen molar-refractivity contribution in [3.05, 3.63) is 71.9 Å². The molecule has 0 unspecified atom stereocenters. The third-order valence-corrected chi connectivity index (χ3v) is 3.95. The molecule has 25 heavy (non-hydrogen) atoms. The van der Waals surface area contributed by atoms with Crippen LogP contribution < -0.4 is 10.1 Å². The van der Waals surface area contributed by atoms with E-state index in [1.54, 1.807) is 36.5 Å². The molecule has 0 aliphatic heterocycles. The van der Waals surface area contributed by atoms with Crippen LogP contribution in [0.15, 0.2) is 59.5 Å². The molecule has 0 aliphatic rings. The molecular weight excluding hydrogens is 318 g/mol. The van der Waals surface area contributed by atoms with E-state index in [2.05, 4.69) is 10.4 Å². The minimum Gasteiger partial charge on any atom is -0.496 e. The normalized spacial score (nSPS) is 12.2. The Hall–Kier alpha value is -3.02. The van der Waals surface area contributed by atoms with Crippen molar-refractivity contribution >= 4 is 5.91 Å². The molecule has 1 N–H and O–H groups in total. The van der Waals surface area contributed by atoms with E-state index in [0.29, 0.717) is 17.1 Å². The molecule has 0 fully saturated rings. The van der Waals surface area contributed by atoms with Gasteiger partial charge in [0.15, 0.2) is 0 Å². The van der Waals surface area contributed by atoms with E-state index < -0.39 is 6.04 Å². The van der Waals surface area contributed by atoms with Gasteiger partial charge < -0.3 is 14.5 Å². The van der Waals surface area contributed by atoms with Crippen molar-refractivity contribution in [3.63, 3.8) is 0 Å². The molecule has 6 heteroatoms. The fourth-order valence-electron chi connectivity index (χ4n) is 2.61. The van der Waals surface area contributed by atoms with Crippen LogP contribution in [0.1, 0.15) is 47.6 Å². The lowest BCUT2D eigenvalue weighted by atomic mass is 10.0. The summed E-state index contributed by atoms with van der Waals surface area (Å²) in [5.74, 6) is 1.09. The van der Waals surface area contributed by atoms with Gasteiger partial charge in [0.2, 0.25) is 0 Å². The molecule has 0 radical (unpaired) electrons. The van der Waals surface area contributed by atoms with Crippen LogP contribution in [0.3, 0.4) is 0 Å². The van der Waals surface area contributed by atoms with Crippen molar-refractivity contribution in [3.8, 4) is 5.75 Å². The SMILES string of the molecule is COc1ccccc1[C@@H](NC(=O)c1cnn(C(C)C)c1)c1ccco1. The average Bonchev–Trinajstić information content (AvgIpc) is 3.31. The van der Waals surface area contributed by atoms with Gasteiger partial charge in [0.25, 0.3) is 5.91 Å². The molecular formula is C19H21N3O3. The molecule has 6 nitrogen and oxygen atoms in total. The zero-order chi connectivity index (χ0) is 17.8. The number of carbonyl (C=O) groups excluding carboxylic acids is 1. The third kappa shape index (κ3) is 3.57. The first-order valence-corrected chi connectivity index (χ1v) is 8.11. The van der Waals surface area contributed by atoms with Gasteiger partial charge in [-0.05, 0) is 32.0 Å². The van der Waals surface area contributed by atoms with Gasteiger partial charge in [-0.15, -0.1) is 0 Å². The molecule has 3 aromatic rings. The lowest BCUT2D eigenvalue weighted by Crippen LogP contribution is -2.29. The Morgan fingerprint density at radius 2 is 2.04 bits per heavy atom. The summed E-state index contributed by atoms with van der Waals surface area (Å²) in [6.07, 6.45) is 4.89. The van der Waals surface area contributed by atoms with Gasteiger partial charge in [0, 0.05) is 17.8 Å². The molecule has 3 rings (SSSR count). The van der Waals surface area contributed by atoms with Crippen LogP contribution in [-0.2, 0) is 0 Å². The number of para-hydroxylation sites is 1. The summed E-state index contributed by atoms with van der Waals surface area (Å²) in [6, 6.07) is 10.9. The predicted molar refractivity (Wildman–Crippen MR) is 93.6 cm³/mol. The number of hydrogen-bond donors (Lipinski definition) is 1. The van der Waals surface area contributed by atoms with Gasteiger partial charge in [0.1, 0.15) is 17.6 Å². The van der Waals surface area contributed by atoms with Crippen molar-refractivity contribution in [1.29, 1.82) is 0 Å². The van der Waals surface area contributed by atoms with Crippen LogP contribution in [0.25, 0.3) is 0 Å². The maximum Gasteiger partial charge on any atom is 0.255 e. The summed E-state index contributed by atoms with van der Waals surface area (Å²) in [5.41, 5.74) is 1.32. The van der Waals surface area contributed by atoms with E-state index in [4.69, 9.17) is 9.15 Å². The van der Waals surface area contributed by atoms with E-state index in [1.165, 1.54) is 0 Å². The number of rotatable bonds is 6. The lowest BCUT2D eigenvalue weighted by Gasteiger charge is -2.19. The maximum absolute atomic E-state index is 12.7. The van der Waals surface area contributed by atoms with Crippen molar-refractivity contribution in [2.75, 3.05) is 7.11 Å². The smallest absolute Gasteiger partial charge is 0.255 e. The molecule has 2 heterocycles. The summed E-state index contributed by atoms with van der Waals surface area (Å²) in [7, 11) is 1.60. The van der Waals surface area contributed by atoms with E-state index in [-0.39, 0.29) is 11.9 Å². The highest BCUT2D eigenvalue weighted by Gasteiger charge is 2.24. The monoisotopic (exact) mass is 339 g/mol. The Labute approximate surface area is 146 Å². The van der Waals surface area contributed by atoms with Crippen LogP contribution in [0, 0.1) is 0 Å². The number of amides is 1. The minimum absolute atomic E-state index is 0.191. The van der Waals surface area contributed by atoms with Gasteiger partial charge in [-0.1, -0.05) is 18.2 Å². The Morgan fingerprint density at radius 1 is 1.24 bits per heavy atom. The zero-order valence-electron chi connectivity index (χ0n) is 14.5. The van der Waals surface area contributed by atoms with E-state index in [1.807, 2.05) is 44.2 Å². The molecule has 1 atom stereocenters. The third-order valence-electron chi connectivity index (χ3n) is 3.95. The average molecular weight is 339 g/mol. The van der Waals surface area contributed by atoms with Crippen LogP contribution in [0.2, 0.25) is 0 Å². The highest BCUT2D eigenvalue weighted by atomic mass is 16.5. The van der Waals surface area contributed by atoms with Gasteiger partial charge in [-0.2, -0.15) is 5.10 Å². The second kappa shape index (κ2) is 7.25. The van der Waals surface area contributed by atoms with E-state index >= 15 is 0 Å². The highest BCUT2D eigenvalue weighted by Crippen LogP contribution is 2.30. The number of hydrogen-bond acceptors (Lipinski definition) is 4. The Bertz CT molecular complexity index is 837. The molecule has 1 amide bonds. The van der Waals surface area contributed by atoms with Crippen LogP contribution in [-0.4, -0.2) is 22.8 Å². The maximum atomic E-state index is 12.7. The lowest BCUT2D eigenvalue weighted by molar-refractivity contribution is 0.0938. The molecule has 0 aliphatic carbocycles. The summed E-state index contributed by atoms with van der Waals surface area (Å²) < 4.78 is 12.7. The first-order chi connectivity index (χ1) is 12.1. The fraction of sp³-hybridized carbons (Fsp3) is 0.263. The number of benzene rings is 1. The van der Waals surface area contributed by atoms with E-state index in [9.17, 15) is 4.79 Å². The Kier molecular flexibility index (Phi) is 4.88. The Balaban J connectivity index is 1.91. The number of nitrogens with one attached hydrogen (secondary N) is 1. The van der Waals surface area contributed by atoms with Crippen molar-refractivity contribution in [2.45, 2.75) is 25.9 Å². The summed E-state index contributed by atoms with van der Waals surface area (Å²) in [5, 5.41) is 7.23. The first-order valence-electron chi connectivity index (χ1n) is 8.11. The van der Waals surface area contributed by atoms with Gasteiger partial charge in [-0.3, -0.25) is 9.48 Å². The second-order valence-electron chi connectivity index (χ2n) is 5.97. The minimum atomic E-state index is -0.457. The number of carbonyl (C=O) groups is 1. The summed E-state index contributed by atoms with van der Waals surface area (Å²) >= 11 is 0. The standard InChI is InChI=1S/C19H21N3O3/c1-13(2)22-12-14(11-20-22)19(23)21-18(17-9-6-10-25-17)15-7-4-5-8-16(15)24-3/h4-13,18H,1-3H3,(H,21,23)/t18-/m1/s1. The number of aromatic nitrogens is 2. The molecule has 0 spiro atoms. The van der Waals surface area contributed by atoms with Crippen LogP contribution in [0.5, 0.6) is 5.75 Å². The number of methoxy groups -OCH3 is 1. The topological polar surface area (TPSA) is 69.3 Å². The fourth-order valence-corrected chi connectivity index (χ4v) is 2.61. The van der Waals surface area contributed by atoms with Crippen LogP contribution in [0.4, 0.5) is 0 Å². The van der Waals surface area contributed by atoms with Crippen molar-refractivity contribution in [2.24, 2.45) is 0 Å². The molecule has 1 aromatic carbocycles. The van der Waals surface area contributed by atoms with Crippen LogP contribution >= 0.6 is 0 Å². The second-order valence-corrected chi connectivity index (χ2v) is 5.97. The molecule has 2 aromatic heterocycles. The number of ether oxygens (including phenoxy) is 1. The van der Waals surface area contributed by atoms with Crippen molar-refractivity contribution < 1.29 is 13.9 Å². The van der Waals surface area contributed by atoms with Gasteiger partial charge in [0.05, 0.1) is 25.1 Å².